The van der Waals surface area contributed by atoms with Crippen LogP contribution in [0.5, 0.6) is 0 Å². The van der Waals surface area contributed by atoms with Crippen molar-refractivity contribution in [1.29, 1.82) is 0 Å². The molecule has 0 spiro atoms. The summed E-state index contributed by atoms with van der Waals surface area (Å²) in [4.78, 5) is 17.6. The van der Waals surface area contributed by atoms with Gasteiger partial charge in [0.1, 0.15) is 0 Å². The highest BCUT2D eigenvalue weighted by Crippen LogP contribution is 2.36. The fraction of sp³-hybridized carbons (Fsp3) is 0.231. The van der Waals surface area contributed by atoms with Crippen molar-refractivity contribution < 1.29 is 4.79 Å². The summed E-state index contributed by atoms with van der Waals surface area (Å²) in [6, 6.07) is 0. The molecule has 3 aliphatic rings. The molecule has 0 bridgehead atoms. The molecular weight excluding hydrogens is 214 g/mol. The Kier molecular flexibility index (Phi) is 2.21. The van der Waals surface area contributed by atoms with E-state index in [-0.39, 0.29) is 12.3 Å². The van der Waals surface area contributed by atoms with Crippen molar-refractivity contribution in [3.8, 4) is 0 Å². The summed E-state index contributed by atoms with van der Waals surface area (Å²) in [5.74, 6) is -0.302. The van der Waals surface area contributed by atoms with Gasteiger partial charge in [-0.1, -0.05) is 12.2 Å². The highest BCUT2D eigenvalue weighted by Gasteiger charge is 2.27. The number of nitrogens with two attached hydrogens (primary N) is 1. The van der Waals surface area contributed by atoms with E-state index in [1.54, 1.807) is 0 Å². The lowest BCUT2D eigenvalue weighted by Crippen LogP contribution is -2.33. The predicted octanol–water partition coefficient (Wildman–Crippen LogP) is 1.24. The summed E-state index contributed by atoms with van der Waals surface area (Å²) in [6.45, 7) is 0.711. The number of rotatable bonds is 2. The summed E-state index contributed by atoms with van der Waals surface area (Å²) in [5.41, 5.74) is 9.59. The summed E-state index contributed by atoms with van der Waals surface area (Å²) < 4.78 is 0. The van der Waals surface area contributed by atoms with Crippen molar-refractivity contribution in [2.75, 3.05) is 6.54 Å². The lowest BCUT2D eigenvalue weighted by molar-refractivity contribution is -0.117. The van der Waals surface area contributed by atoms with Crippen LogP contribution < -0.4 is 5.73 Å². The van der Waals surface area contributed by atoms with E-state index >= 15 is 0 Å². The van der Waals surface area contributed by atoms with E-state index in [4.69, 9.17) is 5.73 Å². The van der Waals surface area contributed by atoms with Crippen LogP contribution >= 0.6 is 0 Å². The quantitative estimate of drug-likeness (QED) is 0.771. The highest BCUT2D eigenvalue weighted by atomic mass is 16.1. The predicted molar refractivity (Wildman–Crippen MR) is 66.0 cm³/mol. The fourth-order valence-corrected chi connectivity index (χ4v) is 2.39. The smallest absolute Gasteiger partial charge is 0.223 e. The maximum absolute atomic E-state index is 11.1. The van der Waals surface area contributed by atoms with Gasteiger partial charge in [0.05, 0.1) is 24.4 Å². The van der Waals surface area contributed by atoms with Crippen molar-refractivity contribution in [1.82, 2.24) is 4.90 Å². The van der Waals surface area contributed by atoms with Crippen molar-refractivity contribution in [2.45, 2.75) is 12.8 Å². The van der Waals surface area contributed by atoms with Crippen molar-refractivity contribution in [3.63, 3.8) is 0 Å². The minimum atomic E-state index is -0.302. The van der Waals surface area contributed by atoms with Gasteiger partial charge in [0.15, 0.2) is 0 Å². The molecule has 1 amide bonds. The lowest BCUT2D eigenvalue weighted by atomic mass is 9.95. The normalized spacial score (nSPS) is 21.1. The van der Waals surface area contributed by atoms with Gasteiger partial charge in [0.25, 0.3) is 0 Å². The Bertz CT molecular complexity index is 531. The number of aliphatic imine (C=N–C) groups is 1. The zero-order valence-corrected chi connectivity index (χ0v) is 9.39. The number of hydrogen-bond donors (Lipinski definition) is 1. The van der Waals surface area contributed by atoms with Gasteiger partial charge in [0, 0.05) is 11.9 Å². The first-order valence-electron chi connectivity index (χ1n) is 5.65. The van der Waals surface area contributed by atoms with E-state index in [1.165, 1.54) is 5.57 Å². The first-order valence-corrected chi connectivity index (χ1v) is 5.65. The fourth-order valence-electron chi connectivity index (χ4n) is 2.39. The Labute approximate surface area is 99.5 Å². The van der Waals surface area contributed by atoms with Gasteiger partial charge in [-0.3, -0.25) is 9.79 Å². The zero-order chi connectivity index (χ0) is 11.8. The molecule has 4 nitrogen and oxygen atoms in total. The first-order chi connectivity index (χ1) is 8.25. The molecule has 0 atom stereocenters. The standard InChI is InChI=1S/C13H13N3O/c14-12(17)8-10-5-4-9-2-1-3-11-13(9)16(10)7-6-15-11/h1,3-6H,2,7-8H2,(H2,14,17). The van der Waals surface area contributed by atoms with E-state index in [1.807, 2.05) is 18.4 Å². The van der Waals surface area contributed by atoms with E-state index in [2.05, 4.69) is 22.0 Å². The summed E-state index contributed by atoms with van der Waals surface area (Å²) in [5, 5.41) is 0. The second-order valence-electron chi connectivity index (χ2n) is 4.26. The van der Waals surface area contributed by atoms with E-state index in [0.29, 0.717) is 6.54 Å². The van der Waals surface area contributed by atoms with Gasteiger partial charge in [-0.25, -0.2) is 0 Å². The van der Waals surface area contributed by atoms with Crippen LogP contribution in [0.2, 0.25) is 0 Å². The maximum Gasteiger partial charge on any atom is 0.223 e. The molecule has 0 fully saturated rings. The molecule has 1 aliphatic carbocycles. The Balaban J connectivity index is 2.05. The van der Waals surface area contributed by atoms with Gasteiger partial charge in [-0.05, 0) is 24.1 Å². The Hall–Kier alpha value is -2.10. The molecule has 3 rings (SSSR count). The van der Waals surface area contributed by atoms with Crippen LogP contribution in [-0.2, 0) is 4.79 Å². The number of primary amides is 1. The number of allylic oxidation sites excluding steroid dienone is 5. The van der Waals surface area contributed by atoms with E-state index < -0.39 is 0 Å². The van der Waals surface area contributed by atoms with Gasteiger partial charge in [0.2, 0.25) is 5.91 Å². The van der Waals surface area contributed by atoms with Crippen molar-refractivity contribution in [2.24, 2.45) is 10.7 Å². The molecule has 2 aliphatic heterocycles. The maximum atomic E-state index is 11.1. The lowest BCUT2D eigenvalue weighted by Gasteiger charge is -2.36. The minimum absolute atomic E-state index is 0.276. The first kappa shape index (κ1) is 10.1. The van der Waals surface area contributed by atoms with Crippen molar-refractivity contribution >= 4 is 12.1 Å². The summed E-state index contributed by atoms with van der Waals surface area (Å²) in [7, 11) is 0. The molecule has 0 aromatic rings. The number of carbonyl (C=O) groups is 1. The Morgan fingerprint density at radius 2 is 2.35 bits per heavy atom. The molecule has 86 valence electrons. The van der Waals surface area contributed by atoms with Crippen LogP contribution in [0.4, 0.5) is 0 Å². The van der Waals surface area contributed by atoms with Crippen LogP contribution in [0, 0.1) is 0 Å². The third kappa shape index (κ3) is 1.62. The minimum Gasteiger partial charge on any atom is -0.369 e. The van der Waals surface area contributed by atoms with Crippen molar-refractivity contribution in [3.05, 3.63) is 47.0 Å². The van der Waals surface area contributed by atoms with Gasteiger partial charge in [-0.2, -0.15) is 0 Å². The van der Waals surface area contributed by atoms with Gasteiger partial charge in [-0.15, -0.1) is 0 Å². The van der Waals surface area contributed by atoms with Crippen LogP contribution in [0.25, 0.3) is 0 Å². The molecule has 17 heavy (non-hydrogen) atoms. The number of amides is 1. The molecule has 0 saturated carbocycles. The van der Waals surface area contributed by atoms with E-state index in [9.17, 15) is 4.79 Å². The topological polar surface area (TPSA) is 58.7 Å². The molecule has 4 heteroatoms. The number of carbonyl (C=O) groups excluding carboxylic acids is 1. The van der Waals surface area contributed by atoms with E-state index in [0.717, 1.165) is 23.5 Å². The Morgan fingerprint density at radius 1 is 1.47 bits per heavy atom. The second-order valence-corrected chi connectivity index (χ2v) is 4.26. The number of hydrogen-bond acceptors (Lipinski definition) is 3. The van der Waals surface area contributed by atoms with Gasteiger partial charge < -0.3 is 10.6 Å². The van der Waals surface area contributed by atoms with Crippen LogP contribution in [0.3, 0.4) is 0 Å². The molecule has 0 radical (unpaired) electrons. The zero-order valence-electron chi connectivity index (χ0n) is 9.39. The third-order valence-corrected chi connectivity index (χ3v) is 3.10. The monoisotopic (exact) mass is 227 g/mol. The molecule has 0 saturated heterocycles. The van der Waals surface area contributed by atoms with Crippen LogP contribution in [-0.4, -0.2) is 23.6 Å². The number of nitrogens with zero attached hydrogens (tertiary/aromatic N) is 2. The summed E-state index contributed by atoms with van der Waals surface area (Å²) in [6.07, 6.45) is 11.3. The SMILES string of the molecule is NC(=O)CC1=CC=C2CC=CC3=C2N1CC=N3. The average molecular weight is 227 g/mol. The Morgan fingerprint density at radius 3 is 3.18 bits per heavy atom. The molecular formula is C13H13N3O. The molecule has 2 heterocycles. The largest absolute Gasteiger partial charge is 0.369 e. The summed E-state index contributed by atoms with van der Waals surface area (Å²) >= 11 is 0. The average Bonchev–Trinajstić information content (AvgIpc) is 2.33. The molecule has 0 aromatic heterocycles. The molecule has 0 unspecified atom stereocenters. The highest BCUT2D eigenvalue weighted by molar-refractivity contribution is 5.78. The molecule has 0 aromatic carbocycles. The van der Waals surface area contributed by atoms with Gasteiger partial charge >= 0.3 is 0 Å². The molecule has 2 N–H and O–H groups in total. The van der Waals surface area contributed by atoms with Crippen LogP contribution in [0.1, 0.15) is 12.8 Å². The van der Waals surface area contributed by atoms with Crippen LogP contribution in [0.15, 0.2) is 52.0 Å². The third-order valence-electron chi connectivity index (χ3n) is 3.10. The second kappa shape index (κ2) is 3.73.